The fourth-order valence-electron chi connectivity index (χ4n) is 3.16. The van der Waals surface area contributed by atoms with Gasteiger partial charge in [-0.05, 0) is 39.2 Å². The van der Waals surface area contributed by atoms with E-state index in [1.165, 1.54) is 0 Å². The molecule has 1 aromatic heterocycles. The highest BCUT2D eigenvalue weighted by atomic mass is 16.2. The molecule has 1 aromatic carbocycles. The Kier molecular flexibility index (Phi) is 7.38. The maximum Gasteiger partial charge on any atom is 0.318 e. The molecule has 0 aliphatic rings. The van der Waals surface area contributed by atoms with Gasteiger partial charge in [-0.2, -0.15) is 0 Å². The second-order valence-corrected chi connectivity index (χ2v) is 8.12. The van der Waals surface area contributed by atoms with Gasteiger partial charge >= 0.3 is 6.03 Å². The van der Waals surface area contributed by atoms with E-state index in [9.17, 15) is 9.59 Å². The first kappa shape index (κ1) is 21.7. The Morgan fingerprint density at radius 3 is 2.50 bits per heavy atom. The van der Waals surface area contributed by atoms with Crippen LogP contribution in [0.25, 0.3) is 0 Å². The van der Waals surface area contributed by atoms with E-state index >= 15 is 0 Å². The van der Waals surface area contributed by atoms with Crippen molar-refractivity contribution in [3.8, 4) is 0 Å². The van der Waals surface area contributed by atoms with Crippen LogP contribution in [-0.4, -0.2) is 33.5 Å². The monoisotopic (exact) mass is 384 g/mol. The van der Waals surface area contributed by atoms with Crippen LogP contribution in [-0.2, 0) is 13.0 Å². The van der Waals surface area contributed by atoms with E-state index in [1.807, 2.05) is 45.9 Å². The zero-order chi connectivity index (χ0) is 20.8. The van der Waals surface area contributed by atoms with Gasteiger partial charge < -0.3 is 15.2 Å². The molecule has 6 nitrogen and oxygen atoms in total. The van der Waals surface area contributed by atoms with Gasteiger partial charge in [0.1, 0.15) is 5.82 Å². The van der Waals surface area contributed by atoms with Gasteiger partial charge in [0.15, 0.2) is 0 Å². The predicted molar refractivity (Wildman–Crippen MR) is 112 cm³/mol. The number of rotatable bonds is 7. The van der Waals surface area contributed by atoms with E-state index in [2.05, 4.69) is 35.2 Å². The topological polar surface area (TPSA) is 78.1 Å². The molecule has 0 aliphatic carbocycles. The fraction of sp³-hybridized carbons (Fsp3) is 0.500. The maximum absolute atomic E-state index is 12.7. The number of aromatic nitrogens is 2. The zero-order valence-electron chi connectivity index (χ0n) is 17.8. The largest absolute Gasteiger partial charge is 0.336 e. The molecule has 0 fully saturated rings. The molecule has 0 atom stereocenters. The van der Waals surface area contributed by atoms with Crippen LogP contribution < -0.4 is 10.9 Å². The summed E-state index contributed by atoms with van der Waals surface area (Å²) in [7, 11) is 0. The number of H-pyrrole nitrogens is 1. The van der Waals surface area contributed by atoms with Crippen LogP contribution in [0.3, 0.4) is 0 Å². The number of nitrogens with zero attached hydrogens (tertiary/aromatic N) is 2. The Hall–Kier alpha value is -2.63. The molecule has 2 amide bonds. The number of amides is 2. The summed E-state index contributed by atoms with van der Waals surface area (Å²) in [6.07, 6.45) is 0.541. The lowest BCUT2D eigenvalue weighted by atomic mass is 10.0. The molecule has 2 rings (SSSR count). The molecule has 152 valence electrons. The molecule has 0 radical (unpaired) electrons. The molecule has 28 heavy (non-hydrogen) atoms. The number of nitrogens with one attached hydrogen (secondary N) is 2. The van der Waals surface area contributed by atoms with E-state index in [1.54, 1.807) is 4.90 Å². The lowest BCUT2D eigenvalue weighted by molar-refractivity contribution is 0.183. The first-order valence-electron chi connectivity index (χ1n) is 9.85. The fourth-order valence-corrected chi connectivity index (χ4v) is 3.16. The van der Waals surface area contributed by atoms with Gasteiger partial charge in [-0.15, -0.1) is 0 Å². The van der Waals surface area contributed by atoms with Gasteiger partial charge in [0, 0.05) is 30.3 Å². The number of hydrogen-bond acceptors (Lipinski definition) is 3. The predicted octanol–water partition coefficient (Wildman–Crippen LogP) is 3.55. The third kappa shape index (κ3) is 6.22. The van der Waals surface area contributed by atoms with E-state index in [-0.39, 0.29) is 24.2 Å². The highest BCUT2D eigenvalue weighted by Crippen LogP contribution is 2.12. The van der Waals surface area contributed by atoms with Crippen LogP contribution in [0.15, 0.2) is 29.1 Å². The van der Waals surface area contributed by atoms with Crippen molar-refractivity contribution in [2.24, 2.45) is 5.92 Å². The minimum absolute atomic E-state index is 0.0487. The van der Waals surface area contributed by atoms with Crippen molar-refractivity contribution in [1.82, 2.24) is 20.2 Å². The highest BCUT2D eigenvalue weighted by Gasteiger charge is 2.18. The SMILES string of the molecule is Cc1cccc(Cc2c(C)nc(CN(CC(C)C)C(=O)NC(C)C)[nH]c2=O)c1. The number of aromatic amines is 1. The molecule has 0 saturated heterocycles. The van der Waals surface area contributed by atoms with Crippen molar-refractivity contribution in [1.29, 1.82) is 0 Å². The molecule has 2 aromatic rings. The van der Waals surface area contributed by atoms with Crippen molar-refractivity contribution >= 4 is 6.03 Å². The second kappa shape index (κ2) is 9.53. The first-order chi connectivity index (χ1) is 13.2. The summed E-state index contributed by atoms with van der Waals surface area (Å²) in [5.74, 6) is 0.821. The average molecular weight is 385 g/mol. The molecular weight excluding hydrogens is 352 g/mol. The summed E-state index contributed by atoms with van der Waals surface area (Å²) in [5.41, 5.74) is 3.47. The molecule has 0 spiro atoms. The number of urea groups is 1. The van der Waals surface area contributed by atoms with Gasteiger partial charge in [-0.25, -0.2) is 9.78 Å². The number of hydrogen-bond donors (Lipinski definition) is 2. The van der Waals surface area contributed by atoms with Crippen LogP contribution in [0, 0.1) is 19.8 Å². The summed E-state index contributed by atoms with van der Waals surface area (Å²) in [6, 6.07) is 8.02. The highest BCUT2D eigenvalue weighted by molar-refractivity contribution is 5.74. The molecule has 0 aliphatic heterocycles. The van der Waals surface area contributed by atoms with E-state index < -0.39 is 0 Å². The molecule has 1 heterocycles. The van der Waals surface area contributed by atoms with Crippen LogP contribution >= 0.6 is 0 Å². The first-order valence-corrected chi connectivity index (χ1v) is 9.85. The standard InChI is InChI=1S/C22H32N4O2/c1-14(2)12-26(22(28)23-15(3)4)13-20-24-17(6)19(21(27)25-20)11-18-9-7-8-16(5)10-18/h7-10,14-15H,11-13H2,1-6H3,(H,23,28)(H,24,25,27). The Morgan fingerprint density at radius 2 is 1.93 bits per heavy atom. The second-order valence-electron chi connectivity index (χ2n) is 8.12. The van der Waals surface area contributed by atoms with Crippen molar-refractivity contribution in [3.63, 3.8) is 0 Å². The van der Waals surface area contributed by atoms with Crippen LogP contribution in [0.2, 0.25) is 0 Å². The molecule has 2 N–H and O–H groups in total. The van der Waals surface area contributed by atoms with E-state index in [0.29, 0.717) is 36.0 Å². The number of aryl methyl sites for hydroxylation is 2. The minimum atomic E-state index is -0.146. The normalized spacial score (nSPS) is 11.1. The van der Waals surface area contributed by atoms with Gasteiger partial charge in [0.2, 0.25) is 0 Å². The molecule has 0 unspecified atom stereocenters. The Balaban J connectivity index is 2.23. The van der Waals surface area contributed by atoms with Crippen molar-refractivity contribution in [3.05, 3.63) is 62.8 Å². The third-order valence-corrected chi connectivity index (χ3v) is 4.36. The zero-order valence-corrected chi connectivity index (χ0v) is 17.8. The molecule has 6 heteroatoms. The Morgan fingerprint density at radius 1 is 1.21 bits per heavy atom. The molecular formula is C22H32N4O2. The molecule has 0 saturated carbocycles. The van der Waals surface area contributed by atoms with Crippen molar-refractivity contribution < 1.29 is 4.79 Å². The van der Waals surface area contributed by atoms with Crippen LogP contribution in [0.1, 0.15) is 55.9 Å². The minimum Gasteiger partial charge on any atom is -0.336 e. The van der Waals surface area contributed by atoms with E-state index in [0.717, 1.165) is 11.1 Å². The van der Waals surface area contributed by atoms with Gasteiger partial charge in [-0.1, -0.05) is 43.7 Å². The summed E-state index contributed by atoms with van der Waals surface area (Å²) >= 11 is 0. The van der Waals surface area contributed by atoms with Crippen molar-refractivity contribution in [2.45, 2.75) is 60.5 Å². The summed E-state index contributed by atoms with van der Waals surface area (Å²) in [5, 5.41) is 2.91. The summed E-state index contributed by atoms with van der Waals surface area (Å²) in [4.78, 5) is 34.3. The van der Waals surface area contributed by atoms with Crippen LogP contribution in [0.4, 0.5) is 4.79 Å². The Bertz CT molecular complexity index is 871. The van der Waals surface area contributed by atoms with Gasteiger partial charge in [-0.3, -0.25) is 4.79 Å². The smallest absolute Gasteiger partial charge is 0.318 e. The van der Waals surface area contributed by atoms with Crippen LogP contribution in [0.5, 0.6) is 0 Å². The number of carbonyl (C=O) groups excluding carboxylic acids is 1. The number of carbonyl (C=O) groups is 1. The maximum atomic E-state index is 12.7. The number of benzene rings is 1. The molecule has 0 bridgehead atoms. The summed E-state index contributed by atoms with van der Waals surface area (Å²) < 4.78 is 0. The lowest BCUT2D eigenvalue weighted by Crippen LogP contribution is -2.44. The average Bonchev–Trinajstić information content (AvgIpc) is 2.56. The summed E-state index contributed by atoms with van der Waals surface area (Å²) in [6.45, 7) is 12.7. The van der Waals surface area contributed by atoms with Crippen molar-refractivity contribution in [2.75, 3.05) is 6.54 Å². The lowest BCUT2D eigenvalue weighted by Gasteiger charge is -2.25. The van der Waals surface area contributed by atoms with Gasteiger partial charge in [0.25, 0.3) is 5.56 Å². The third-order valence-electron chi connectivity index (χ3n) is 4.36. The van der Waals surface area contributed by atoms with Gasteiger partial charge in [0.05, 0.1) is 6.54 Å². The quantitative estimate of drug-likeness (QED) is 0.766. The van der Waals surface area contributed by atoms with E-state index in [4.69, 9.17) is 0 Å². The Labute approximate surface area is 167 Å².